The number of rotatable bonds is 3. The van der Waals surface area contributed by atoms with Gasteiger partial charge in [-0.1, -0.05) is 0 Å². The van der Waals surface area contributed by atoms with Gasteiger partial charge in [-0.15, -0.1) is 0 Å². The van der Waals surface area contributed by atoms with E-state index in [9.17, 15) is 0 Å². The summed E-state index contributed by atoms with van der Waals surface area (Å²) in [5, 5.41) is 0. The molecule has 26 heavy (non-hydrogen) atoms. The van der Waals surface area contributed by atoms with Gasteiger partial charge in [0.25, 0.3) is 0 Å². The van der Waals surface area contributed by atoms with Crippen molar-refractivity contribution >= 4 is 70.6 Å². The molecule has 0 atom stereocenters. The molecular formula is C18H36N2S6. The van der Waals surface area contributed by atoms with E-state index < -0.39 is 0 Å². The van der Waals surface area contributed by atoms with Crippen molar-refractivity contribution in [3.05, 3.63) is 0 Å². The van der Waals surface area contributed by atoms with Crippen LogP contribution in [0.25, 0.3) is 0 Å². The Balaban J connectivity index is 1.70. The Labute approximate surface area is 187 Å². The molecule has 0 aliphatic carbocycles. The molecule has 0 N–H and O–H groups in total. The molecule has 0 spiro atoms. The van der Waals surface area contributed by atoms with E-state index in [-0.39, 0.29) is 0 Å². The van der Waals surface area contributed by atoms with E-state index in [0.29, 0.717) is 0 Å². The summed E-state index contributed by atoms with van der Waals surface area (Å²) in [6.07, 6.45) is 0. The molecule has 0 aromatic carbocycles. The first kappa shape index (κ1) is 24.3. The van der Waals surface area contributed by atoms with Crippen LogP contribution in [0.3, 0.4) is 0 Å². The van der Waals surface area contributed by atoms with Gasteiger partial charge in [-0.2, -0.15) is 70.6 Å². The molecule has 2 fully saturated rings. The van der Waals surface area contributed by atoms with Crippen molar-refractivity contribution in [1.29, 1.82) is 0 Å². The Bertz CT molecular complexity index is 270. The summed E-state index contributed by atoms with van der Waals surface area (Å²) >= 11 is 12.9. The highest BCUT2D eigenvalue weighted by atomic mass is 32.2. The van der Waals surface area contributed by atoms with Crippen molar-refractivity contribution in [1.82, 2.24) is 9.80 Å². The smallest absolute Gasteiger partial charge is 0.0110 e. The Morgan fingerprint density at radius 2 is 0.577 bits per heavy atom. The molecule has 154 valence electrons. The molecule has 0 amide bonds. The highest BCUT2D eigenvalue weighted by Crippen LogP contribution is 2.14. The summed E-state index contributed by atoms with van der Waals surface area (Å²) in [7, 11) is 0. The second-order valence-corrected chi connectivity index (χ2v) is 13.7. The van der Waals surface area contributed by atoms with E-state index in [1.807, 2.05) is 0 Å². The predicted molar refractivity (Wildman–Crippen MR) is 137 cm³/mol. The summed E-state index contributed by atoms with van der Waals surface area (Å²) in [4.78, 5) is 5.48. The lowest BCUT2D eigenvalue weighted by Gasteiger charge is -2.28. The maximum atomic E-state index is 2.74. The molecule has 2 heterocycles. The maximum Gasteiger partial charge on any atom is 0.0110 e. The summed E-state index contributed by atoms with van der Waals surface area (Å²) in [6, 6.07) is 0. The standard InChI is InChI=1S/C18H36N2S6/c1(19-3-7-21-11-15-25-16-12-22-8-4-19)2-20-5-9-23-13-17-26-18-14-24-10-6-20/h1-18H2. The summed E-state index contributed by atoms with van der Waals surface area (Å²) in [6.45, 7) is 7.66. The first-order chi connectivity index (χ1) is 12.9. The summed E-state index contributed by atoms with van der Waals surface area (Å²) < 4.78 is 0. The lowest BCUT2D eigenvalue weighted by molar-refractivity contribution is 0.232. The molecule has 8 heteroatoms. The van der Waals surface area contributed by atoms with Gasteiger partial charge in [0, 0.05) is 108 Å². The van der Waals surface area contributed by atoms with Gasteiger partial charge in [0.1, 0.15) is 0 Å². The lowest BCUT2D eigenvalue weighted by Crippen LogP contribution is -2.39. The fourth-order valence-corrected chi connectivity index (χ4v) is 9.36. The average molecular weight is 473 g/mol. The molecule has 2 rings (SSSR count). The maximum absolute atomic E-state index is 2.74. The highest BCUT2D eigenvalue weighted by molar-refractivity contribution is 8.05. The van der Waals surface area contributed by atoms with Crippen molar-refractivity contribution in [3.8, 4) is 0 Å². The average Bonchev–Trinajstić information content (AvgIpc) is 2.63. The van der Waals surface area contributed by atoms with Crippen LogP contribution in [0.5, 0.6) is 0 Å². The first-order valence-electron chi connectivity index (χ1n) is 9.86. The van der Waals surface area contributed by atoms with Gasteiger partial charge in [0.15, 0.2) is 0 Å². The quantitative estimate of drug-likeness (QED) is 0.600. The molecule has 0 bridgehead atoms. The Kier molecular flexibility index (Phi) is 16.7. The molecule has 2 saturated heterocycles. The van der Waals surface area contributed by atoms with Crippen LogP contribution < -0.4 is 0 Å². The van der Waals surface area contributed by atoms with E-state index in [4.69, 9.17) is 0 Å². The zero-order chi connectivity index (χ0) is 18.1. The molecule has 0 radical (unpaired) electrons. The van der Waals surface area contributed by atoms with Gasteiger partial charge >= 0.3 is 0 Å². The highest BCUT2D eigenvalue weighted by Gasteiger charge is 2.11. The largest absolute Gasteiger partial charge is 0.300 e. The van der Waals surface area contributed by atoms with Crippen molar-refractivity contribution in [2.45, 2.75) is 0 Å². The van der Waals surface area contributed by atoms with Crippen molar-refractivity contribution in [3.63, 3.8) is 0 Å². The van der Waals surface area contributed by atoms with Crippen molar-refractivity contribution in [2.24, 2.45) is 0 Å². The predicted octanol–water partition coefficient (Wildman–Crippen LogP) is 4.02. The topological polar surface area (TPSA) is 6.48 Å². The Morgan fingerprint density at radius 1 is 0.346 bits per heavy atom. The minimum atomic E-state index is 1.26. The monoisotopic (exact) mass is 472 g/mol. The molecule has 0 saturated carbocycles. The van der Waals surface area contributed by atoms with Crippen LogP contribution in [-0.2, 0) is 0 Å². The Morgan fingerprint density at radius 3 is 0.846 bits per heavy atom. The van der Waals surface area contributed by atoms with Gasteiger partial charge in [0.05, 0.1) is 0 Å². The fourth-order valence-electron chi connectivity index (χ4n) is 2.81. The van der Waals surface area contributed by atoms with Crippen LogP contribution in [-0.4, -0.2) is 118 Å². The van der Waals surface area contributed by atoms with E-state index >= 15 is 0 Å². The van der Waals surface area contributed by atoms with Crippen LogP contribution in [0, 0.1) is 0 Å². The van der Waals surface area contributed by atoms with Gasteiger partial charge in [-0.25, -0.2) is 0 Å². The van der Waals surface area contributed by atoms with E-state index in [1.165, 1.54) is 108 Å². The van der Waals surface area contributed by atoms with E-state index in [2.05, 4.69) is 80.4 Å². The number of hydrogen-bond acceptors (Lipinski definition) is 8. The fraction of sp³-hybridized carbons (Fsp3) is 1.00. The second-order valence-electron chi connectivity index (χ2n) is 6.36. The minimum Gasteiger partial charge on any atom is -0.300 e. The third-order valence-electron chi connectivity index (χ3n) is 4.43. The van der Waals surface area contributed by atoms with Crippen LogP contribution in [0.15, 0.2) is 0 Å². The zero-order valence-electron chi connectivity index (χ0n) is 16.1. The molecular weight excluding hydrogens is 437 g/mol. The van der Waals surface area contributed by atoms with Crippen LogP contribution in [0.2, 0.25) is 0 Å². The van der Waals surface area contributed by atoms with Gasteiger partial charge < -0.3 is 9.80 Å². The van der Waals surface area contributed by atoms with Crippen LogP contribution in [0.1, 0.15) is 0 Å². The number of nitrogens with zero attached hydrogens (tertiary/aromatic N) is 2. The molecule has 2 nitrogen and oxygen atoms in total. The van der Waals surface area contributed by atoms with Crippen molar-refractivity contribution in [2.75, 3.05) is 108 Å². The number of hydrogen-bond donors (Lipinski definition) is 0. The van der Waals surface area contributed by atoms with Crippen molar-refractivity contribution < 1.29 is 0 Å². The van der Waals surface area contributed by atoms with Gasteiger partial charge in [-0.3, -0.25) is 0 Å². The van der Waals surface area contributed by atoms with E-state index in [0.717, 1.165) is 0 Å². The molecule has 2 aliphatic heterocycles. The minimum absolute atomic E-state index is 1.26. The second kappa shape index (κ2) is 17.8. The summed E-state index contributed by atoms with van der Waals surface area (Å²) in [5.41, 5.74) is 0. The summed E-state index contributed by atoms with van der Waals surface area (Å²) in [5.74, 6) is 16.0. The lowest BCUT2D eigenvalue weighted by atomic mass is 10.4. The number of thioether (sulfide) groups is 6. The van der Waals surface area contributed by atoms with E-state index in [1.54, 1.807) is 0 Å². The van der Waals surface area contributed by atoms with Gasteiger partial charge in [0.2, 0.25) is 0 Å². The molecule has 0 unspecified atom stereocenters. The first-order valence-corrected chi connectivity index (χ1v) is 16.8. The third-order valence-corrected chi connectivity index (χ3v) is 11.3. The van der Waals surface area contributed by atoms with Crippen LogP contribution >= 0.6 is 70.6 Å². The zero-order valence-corrected chi connectivity index (χ0v) is 21.0. The normalized spacial score (nSPS) is 25.4. The molecule has 0 aromatic heterocycles. The SMILES string of the molecule is C1CSCCN(CCN2CCSCCSCCSCC2)CCSCCS1. The third kappa shape index (κ3) is 13.3. The molecule has 0 aromatic rings. The Hall–Kier alpha value is 2.02. The van der Waals surface area contributed by atoms with Gasteiger partial charge in [-0.05, 0) is 0 Å². The van der Waals surface area contributed by atoms with Crippen LogP contribution in [0.4, 0.5) is 0 Å². The molecule has 2 aliphatic rings.